The molecule has 0 aliphatic carbocycles. The molecule has 0 spiro atoms. The van der Waals surface area contributed by atoms with Crippen molar-refractivity contribution in [2.24, 2.45) is 0 Å². The summed E-state index contributed by atoms with van der Waals surface area (Å²) in [7, 11) is -2.94. The molecule has 1 aromatic heterocycles. The Morgan fingerprint density at radius 1 is 0.974 bits per heavy atom. The fourth-order valence-electron chi connectivity index (χ4n) is 3.47. The van der Waals surface area contributed by atoms with Crippen LogP contribution in [0.5, 0.6) is 11.5 Å². The zero-order valence-corrected chi connectivity index (χ0v) is 22.2. The number of para-hydroxylation sites is 1. The fraction of sp³-hybridized carbons (Fsp3) is 0.115. The molecule has 1 heterocycles. The van der Waals surface area contributed by atoms with Crippen LogP contribution >= 0.6 is 23.2 Å². The summed E-state index contributed by atoms with van der Waals surface area (Å²) in [5.74, 6) is -0.0445. The van der Waals surface area contributed by atoms with E-state index in [1.165, 1.54) is 30.4 Å². The van der Waals surface area contributed by atoms with Crippen LogP contribution in [0.3, 0.4) is 0 Å². The zero-order valence-electron chi connectivity index (χ0n) is 19.9. The molecule has 0 aliphatic heterocycles. The maximum absolute atomic E-state index is 13.3. The van der Waals surface area contributed by atoms with Crippen molar-refractivity contribution in [1.29, 1.82) is 0 Å². The van der Waals surface area contributed by atoms with Crippen LogP contribution in [-0.2, 0) is 23.2 Å². The lowest BCUT2D eigenvalue weighted by molar-refractivity contribution is 0.201. The smallest absolute Gasteiger partial charge is 0.339 e. The minimum absolute atomic E-state index is 0.0194. The third kappa shape index (κ3) is 6.58. The maximum atomic E-state index is 13.3. The number of methoxy groups -OCH3 is 1. The van der Waals surface area contributed by atoms with Crippen molar-refractivity contribution < 1.29 is 30.9 Å². The molecule has 8 nitrogen and oxygen atoms in total. The largest absolute Gasteiger partial charge is 0.493 e. The lowest BCUT2D eigenvalue weighted by Crippen LogP contribution is -2.34. The molecule has 3 aromatic carbocycles. The first-order chi connectivity index (χ1) is 18.2. The summed E-state index contributed by atoms with van der Waals surface area (Å²) in [6.07, 6.45) is 1.48. The number of urea groups is 1. The summed E-state index contributed by atoms with van der Waals surface area (Å²) in [5, 5.41) is 3.23. The summed E-state index contributed by atoms with van der Waals surface area (Å²) in [6, 6.07) is 16.5. The maximum Gasteiger partial charge on any atom is 0.339 e. The topological polar surface area (TPSA) is 98.1 Å². The summed E-state index contributed by atoms with van der Waals surface area (Å²) < 4.78 is 54.8. The number of nitrogens with zero attached hydrogens (tertiary/aromatic N) is 1. The SMILES string of the molecule is COc1ccc(CN(Cc2ccco2)C(=O)Nc2c(Cl)cccc2Cl)cc1OS(=O)(=O)c1ccc(F)cc1. The molecule has 0 aliphatic rings. The van der Waals surface area contributed by atoms with Gasteiger partial charge in [-0.15, -0.1) is 0 Å². The van der Waals surface area contributed by atoms with E-state index in [0.29, 0.717) is 11.3 Å². The van der Waals surface area contributed by atoms with Crippen molar-refractivity contribution in [2.75, 3.05) is 12.4 Å². The predicted octanol–water partition coefficient (Wildman–Crippen LogP) is 6.74. The average Bonchev–Trinajstić information content (AvgIpc) is 3.39. The van der Waals surface area contributed by atoms with Gasteiger partial charge in [0.2, 0.25) is 0 Å². The lowest BCUT2D eigenvalue weighted by Gasteiger charge is -2.23. The van der Waals surface area contributed by atoms with Crippen LogP contribution in [0.25, 0.3) is 0 Å². The van der Waals surface area contributed by atoms with Crippen molar-refractivity contribution in [3.8, 4) is 11.5 Å². The molecule has 0 radical (unpaired) electrons. The number of carbonyl (C=O) groups excluding carboxylic acids is 1. The predicted molar refractivity (Wildman–Crippen MR) is 141 cm³/mol. The Kier molecular flexibility index (Phi) is 8.45. The highest BCUT2D eigenvalue weighted by atomic mass is 35.5. The Bertz CT molecular complexity index is 1510. The first-order valence-electron chi connectivity index (χ1n) is 11.1. The molecule has 4 aromatic rings. The Labute approximate surface area is 228 Å². The molecule has 2 amide bonds. The van der Waals surface area contributed by atoms with Crippen LogP contribution in [0, 0.1) is 5.82 Å². The monoisotopic (exact) mass is 578 g/mol. The van der Waals surface area contributed by atoms with E-state index in [1.807, 2.05) is 0 Å². The highest BCUT2D eigenvalue weighted by Crippen LogP contribution is 2.33. The Balaban J connectivity index is 1.62. The van der Waals surface area contributed by atoms with Crippen LogP contribution in [-0.4, -0.2) is 26.5 Å². The third-order valence-corrected chi connectivity index (χ3v) is 7.19. The van der Waals surface area contributed by atoms with E-state index in [-0.39, 0.29) is 45.2 Å². The first kappa shape index (κ1) is 27.3. The minimum atomic E-state index is -4.30. The Hall–Kier alpha value is -3.73. The van der Waals surface area contributed by atoms with E-state index in [9.17, 15) is 17.6 Å². The highest BCUT2D eigenvalue weighted by Gasteiger charge is 2.22. The van der Waals surface area contributed by atoms with Gasteiger partial charge in [-0.25, -0.2) is 9.18 Å². The molecule has 38 heavy (non-hydrogen) atoms. The van der Waals surface area contributed by atoms with E-state index in [4.69, 9.17) is 36.5 Å². The number of nitrogens with one attached hydrogen (secondary N) is 1. The third-order valence-electron chi connectivity index (χ3n) is 5.31. The second-order valence-corrected chi connectivity index (χ2v) is 10.3. The number of furan rings is 1. The quantitative estimate of drug-likeness (QED) is 0.221. The molecule has 0 atom stereocenters. The lowest BCUT2D eigenvalue weighted by atomic mass is 10.2. The van der Waals surface area contributed by atoms with E-state index in [2.05, 4.69) is 5.32 Å². The number of hydrogen-bond donors (Lipinski definition) is 1. The van der Waals surface area contributed by atoms with Crippen molar-refractivity contribution in [3.63, 3.8) is 0 Å². The van der Waals surface area contributed by atoms with Gasteiger partial charge in [-0.2, -0.15) is 8.42 Å². The molecule has 0 bridgehead atoms. The fourth-order valence-corrected chi connectivity index (χ4v) is 4.89. The standard InChI is InChI=1S/C26H21Cl2FN2O6S/c1-35-23-12-7-17(14-24(23)37-38(33,34)20-10-8-18(29)9-11-20)15-31(16-19-4-3-13-36-19)26(32)30-25-21(27)5-2-6-22(25)28/h2-14H,15-16H2,1H3,(H,30,32). The van der Waals surface area contributed by atoms with Gasteiger partial charge in [0.15, 0.2) is 11.5 Å². The number of benzene rings is 3. The number of ether oxygens (including phenoxy) is 1. The van der Waals surface area contributed by atoms with Crippen molar-refractivity contribution in [3.05, 3.63) is 106 Å². The van der Waals surface area contributed by atoms with Gasteiger partial charge in [-0.1, -0.05) is 35.3 Å². The summed E-state index contributed by atoms with van der Waals surface area (Å²) in [5.41, 5.74) is 0.761. The summed E-state index contributed by atoms with van der Waals surface area (Å²) in [6.45, 7) is 0.0998. The number of anilines is 1. The van der Waals surface area contributed by atoms with Gasteiger partial charge in [-0.3, -0.25) is 0 Å². The second-order valence-electron chi connectivity index (χ2n) is 7.94. The Morgan fingerprint density at radius 3 is 2.32 bits per heavy atom. The molecule has 198 valence electrons. The van der Waals surface area contributed by atoms with Gasteiger partial charge in [0.05, 0.1) is 35.7 Å². The van der Waals surface area contributed by atoms with Crippen molar-refractivity contribution in [2.45, 2.75) is 18.0 Å². The van der Waals surface area contributed by atoms with Crippen LogP contribution in [0.15, 0.2) is 88.4 Å². The Morgan fingerprint density at radius 2 is 1.68 bits per heavy atom. The number of hydrogen-bond acceptors (Lipinski definition) is 6. The highest BCUT2D eigenvalue weighted by molar-refractivity contribution is 7.87. The van der Waals surface area contributed by atoms with Crippen LogP contribution in [0.1, 0.15) is 11.3 Å². The van der Waals surface area contributed by atoms with E-state index in [0.717, 1.165) is 24.3 Å². The molecule has 1 N–H and O–H groups in total. The molecular weight excluding hydrogens is 558 g/mol. The first-order valence-corrected chi connectivity index (χ1v) is 13.2. The molecule has 0 fully saturated rings. The van der Waals surface area contributed by atoms with E-state index < -0.39 is 22.0 Å². The van der Waals surface area contributed by atoms with Gasteiger partial charge in [0.25, 0.3) is 0 Å². The van der Waals surface area contributed by atoms with Crippen molar-refractivity contribution in [1.82, 2.24) is 4.90 Å². The van der Waals surface area contributed by atoms with Crippen LogP contribution in [0.4, 0.5) is 14.9 Å². The average molecular weight is 579 g/mol. The molecule has 12 heteroatoms. The minimum Gasteiger partial charge on any atom is -0.493 e. The van der Waals surface area contributed by atoms with Gasteiger partial charge >= 0.3 is 16.1 Å². The summed E-state index contributed by atoms with van der Waals surface area (Å²) in [4.78, 5) is 14.5. The molecule has 0 saturated heterocycles. The van der Waals surface area contributed by atoms with Gasteiger partial charge < -0.3 is 23.6 Å². The van der Waals surface area contributed by atoms with Gasteiger partial charge in [0, 0.05) is 6.54 Å². The van der Waals surface area contributed by atoms with E-state index in [1.54, 1.807) is 36.4 Å². The molecule has 0 unspecified atom stereocenters. The van der Waals surface area contributed by atoms with Crippen molar-refractivity contribution >= 4 is 45.0 Å². The summed E-state index contributed by atoms with van der Waals surface area (Å²) >= 11 is 12.4. The van der Waals surface area contributed by atoms with Gasteiger partial charge in [-0.05, 0) is 66.2 Å². The number of carbonyl (C=O) groups is 1. The van der Waals surface area contributed by atoms with Crippen LogP contribution in [0.2, 0.25) is 10.0 Å². The molecular formula is C26H21Cl2FN2O6S. The number of halogens is 3. The zero-order chi connectivity index (χ0) is 27.3. The normalized spacial score (nSPS) is 11.2. The molecule has 0 saturated carbocycles. The van der Waals surface area contributed by atoms with Gasteiger partial charge in [0.1, 0.15) is 16.5 Å². The van der Waals surface area contributed by atoms with E-state index >= 15 is 0 Å². The van der Waals surface area contributed by atoms with Crippen LogP contribution < -0.4 is 14.2 Å². The number of rotatable bonds is 9. The molecule has 4 rings (SSSR count). The number of amides is 2. The second kappa shape index (κ2) is 11.8.